The van der Waals surface area contributed by atoms with Crippen LogP contribution in [0.4, 0.5) is 0 Å². The van der Waals surface area contributed by atoms with Gasteiger partial charge in [-0.15, -0.1) is 0 Å². The summed E-state index contributed by atoms with van der Waals surface area (Å²) in [5.41, 5.74) is 0. The van der Waals surface area contributed by atoms with Crippen molar-refractivity contribution in [2.24, 2.45) is 5.92 Å². The Balaban J connectivity index is 5.18. The van der Waals surface area contributed by atoms with Crippen LogP contribution in [0.15, 0.2) is 0 Å². The summed E-state index contributed by atoms with van der Waals surface area (Å²) in [6.07, 6.45) is 47.4. The first-order chi connectivity index (χ1) is 42.0. The van der Waals surface area contributed by atoms with Crippen LogP contribution < -0.4 is 0 Å². The summed E-state index contributed by atoms with van der Waals surface area (Å²) in [7, 11) is -9.89. The van der Waals surface area contributed by atoms with Crippen molar-refractivity contribution in [2.45, 2.75) is 368 Å². The predicted octanol–water partition coefficient (Wildman–Crippen LogP) is 19.4. The number of esters is 4. The zero-order valence-corrected chi connectivity index (χ0v) is 57.9. The molecule has 0 saturated carbocycles. The fraction of sp³-hybridized carbons (Fsp3) is 0.941. The Hall–Kier alpha value is -1.94. The zero-order valence-electron chi connectivity index (χ0n) is 56.2. The Morgan fingerprint density at radius 2 is 0.529 bits per heavy atom. The van der Waals surface area contributed by atoms with Crippen molar-refractivity contribution in [2.75, 3.05) is 39.6 Å². The van der Waals surface area contributed by atoms with E-state index in [4.69, 9.17) is 37.0 Å². The van der Waals surface area contributed by atoms with Crippen LogP contribution in [0.25, 0.3) is 0 Å². The highest BCUT2D eigenvalue weighted by Crippen LogP contribution is 2.45. The van der Waals surface area contributed by atoms with Crippen LogP contribution in [0.3, 0.4) is 0 Å². The molecule has 516 valence electrons. The number of unbranched alkanes of at least 4 members (excludes halogenated alkanes) is 40. The molecule has 0 aromatic heterocycles. The summed E-state index contributed by atoms with van der Waals surface area (Å²) in [5.74, 6) is -1.43. The quantitative estimate of drug-likeness (QED) is 0.0222. The molecule has 0 aliphatic heterocycles. The topological polar surface area (TPSA) is 237 Å². The van der Waals surface area contributed by atoms with Gasteiger partial charge in [-0.3, -0.25) is 37.3 Å². The lowest BCUT2D eigenvalue weighted by molar-refractivity contribution is -0.161. The smallest absolute Gasteiger partial charge is 0.462 e. The number of hydrogen-bond acceptors (Lipinski definition) is 15. The van der Waals surface area contributed by atoms with E-state index in [0.717, 1.165) is 96.3 Å². The third-order valence-electron chi connectivity index (χ3n) is 15.8. The van der Waals surface area contributed by atoms with E-state index >= 15 is 0 Å². The number of rotatable bonds is 68. The monoisotopic (exact) mass is 1280 g/mol. The number of aliphatic hydroxyl groups is 1. The van der Waals surface area contributed by atoms with Crippen LogP contribution in [0.1, 0.15) is 349 Å². The van der Waals surface area contributed by atoms with Gasteiger partial charge in [0.05, 0.1) is 26.4 Å². The van der Waals surface area contributed by atoms with E-state index in [2.05, 4.69) is 34.6 Å². The number of carbonyl (C=O) groups excluding carboxylic acids is 4. The Morgan fingerprint density at radius 1 is 0.310 bits per heavy atom. The lowest BCUT2D eigenvalue weighted by Gasteiger charge is -2.21. The molecule has 0 spiro atoms. The minimum Gasteiger partial charge on any atom is -0.462 e. The van der Waals surface area contributed by atoms with Gasteiger partial charge in [0, 0.05) is 25.7 Å². The van der Waals surface area contributed by atoms with Gasteiger partial charge < -0.3 is 33.8 Å². The van der Waals surface area contributed by atoms with Gasteiger partial charge in [-0.05, 0) is 31.6 Å². The Bertz CT molecular complexity index is 1690. The fourth-order valence-electron chi connectivity index (χ4n) is 10.3. The molecule has 2 unspecified atom stereocenters. The van der Waals surface area contributed by atoms with Crippen molar-refractivity contribution in [1.82, 2.24) is 0 Å². The van der Waals surface area contributed by atoms with E-state index in [1.807, 2.05) is 0 Å². The molecular weight excluding hydrogens is 1150 g/mol. The summed E-state index contributed by atoms with van der Waals surface area (Å²) in [6, 6.07) is 0. The van der Waals surface area contributed by atoms with Crippen LogP contribution >= 0.6 is 15.6 Å². The molecule has 0 bridgehead atoms. The molecule has 0 aromatic rings. The van der Waals surface area contributed by atoms with Crippen molar-refractivity contribution in [1.29, 1.82) is 0 Å². The van der Waals surface area contributed by atoms with Crippen molar-refractivity contribution in [3.8, 4) is 0 Å². The van der Waals surface area contributed by atoms with Crippen molar-refractivity contribution in [3.05, 3.63) is 0 Å². The van der Waals surface area contributed by atoms with Crippen LogP contribution in [0, 0.1) is 5.92 Å². The van der Waals surface area contributed by atoms with Gasteiger partial charge in [0.2, 0.25) is 0 Å². The van der Waals surface area contributed by atoms with Crippen LogP contribution in [-0.4, -0.2) is 96.7 Å². The van der Waals surface area contributed by atoms with Crippen LogP contribution in [0.2, 0.25) is 0 Å². The first-order valence-corrected chi connectivity index (χ1v) is 38.6. The average Bonchev–Trinajstić information content (AvgIpc) is 3.67. The number of hydrogen-bond donors (Lipinski definition) is 3. The number of ether oxygens (including phenoxy) is 4. The minimum absolute atomic E-state index is 0.104. The first-order valence-electron chi connectivity index (χ1n) is 35.6. The maximum Gasteiger partial charge on any atom is 0.472 e. The zero-order chi connectivity index (χ0) is 64.2. The second-order valence-electron chi connectivity index (χ2n) is 25.0. The van der Waals surface area contributed by atoms with Gasteiger partial charge in [0.25, 0.3) is 0 Å². The van der Waals surface area contributed by atoms with Crippen LogP contribution in [-0.2, 0) is 65.4 Å². The van der Waals surface area contributed by atoms with E-state index in [0.29, 0.717) is 31.6 Å². The fourth-order valence-corrected chi connectivity index (χ4v) is 11.9. The molecule has 0 fully saturated rings. The van der Waals surface area contributed by atoms with E-state index in [1.165, 1.54) is 167 Å². The molecule has 19 heteroatoms. The normalized spacial score (nSPS) is 14.1. The van der Waals surface area contributed by atoms with E-state index in [-0.39, 0.29) is 25.7 Å². The molecule has 0 rings (SSSR count). The maximum atomic E-state index is 13.0. The summed E-state index contributed by atoms with van der Waals surface area (Å²) >= 11 is 0. The molecule has 5 atom stereocenters. The maximum absolute atomic E-state index is 13.0. The SMILES string of the molecule is CCCCCCCCCCCCCCCCCCCCC(=O)O[C@H](COC(=O)CCCCCCCCCCCCC)COP(=O)(O)OC[C@@H](O)COP(=O)(O)OC[C@@H](COC(=O)CCCCCCCCCC)OC(=O)CCCCCCCCCC(C)C. The van der Waals surface area contributed by atoms with Gasteiger partial charge in [0.1, 0.15) is 19.3 Å². The number of aliphatic hydroxyl groups excluding tert-OH is 1. The van der Waals surface area contributed by atoms with Crippen molar-refractivity contribution in [3.63, 3.8) is 0 Å². The summed E-state index contributed by atoms with van der Waals surface area (Å²) in [4.78, 5) is 72.3. The van der Waals surface area contributed by atoms with Crippen molar-refractivity contribution < 1.29 is 80.2 Å². The summed E-state index contributed by atoms with van der Waals surface area (Å²) in [6.45, 7) is 7.14. The lowest BCUT2D eigenvalue weighted by atomic mass is 10.0. The Labute approximate surface area is 530 Å². The van der Waals surface area contributed by atoms with Gasteiger partial charge >= 0.3 is 39.5 Å². The average molecular weight is 1280 g/mol. The van der Waals surface area contributed by atoms with Gasteiger partial charge in [-0.25, -0.2) is 9.13 Å². The molecule has 17 nitrogen and oxygen atoms in total. The largest absolute Gasteiger partial charge is 0.472 e. The summed E-state index contributed by atoms with van der Waals surface area (Å²) < 4.78 is 68.1. The Morgan fingerprint density at radius 3 is 0.782 bits per heavy atom. The minimum atomic E-state index is -4.95. The highest BCUT2D eigenvalue weighted by Gasteiger charge is 2.30. The first kappa shape index (κ1) is 85.1. The third-order valence-corrected chi connectivity index (χ3v) is 17.7. The molecule has 0 radical (unpaired) electrons. The lowest BCUT2D eigenvalue weighted by Crippen LogP contribution is -2.30. The van der Waals surface area contributed by atoms with Gasteiger partial charge in [-0.1, -0.05) is 298 Å². The van der Waals surface area contributed by atoms with Gasteiger partial charge in [-0.2, -0.15) is 0 Å². The van der Waals surface area contributed by atoms with E-state index in [1.54, 1.807) is 0 Å². The van der Waals surface area contributed by atoms with Crippen LogP contribution in [0.5, 0.6) is 0 Å². The highest BCUT2D eigenvalue weighted by molar-refractivity contribution is 7.47. The second-order valence-corrected chi connectivity index (χ2v) is 27.9. The predicted molar refractivity (Wildman–Crippen MR) is 349 cm³/mol. The molecule has 3 N–H and O–H groups in total. The molecule has 0 saturated heterocycles. The second kappa shape index (κ2) is 61.6. The standard InChI is InChI=1S/C68H132O17P2/c1-6-9-12-15-18-21-23-24-25-26-27-28-29-31-33-38-43-48-53-67(72)84-63(58-79-66(71)52-47-42-37-32-30-22-19-16-13-10-7-2)59-82-86(74,75)80-55-62(69)56-81-87(76,77)83-60-64(57-78-65(70)51-46-41-36-20-17-14-11-8-3)85-68(73)54-49-44-39-34-35-40-45-50-61(4)5/h61-64,69H,6-60H2,1-5H3,(H,74,75)(H,76,77)/t62-,63-,64-/m1/s1. The molecule has 0 aliphatic carbocycles. The van der Waals surface area contributed by atoms with Gasteiger partial charge in [0.15, 0.2) is 12.2 Å². The molecular formula is C68H132O17P2. The highest BCUT2D eigenvalue weighted by atomic mass is 31.2. The molecule has 0 aliphatic rings. The number of carbonyl (C=O) groups is 4. The summed E-state index contributed by atoms with van der Waals surface area (Å²) in [5, 5.41) is 10.6. The molecule has 0 aromatic carbocycles. The molecule has 0 amide bonds. The Kier molecular flexibility index (Phi) is 60.2. The third kappa shape index (κ3) is 62.6. The van der Waals surface area contributed by atoms with Crippen molar-refractivity contribution >= 4 is 39.5 Å². The number of phosphoric ester groups is 2. The van der Waals surface area contributed by atoms with E-state index < -0.39 is 97.5 Å². The molecule has 0 heterocycles. The number of phosphoric acid groups is 2. The molecule has 87 heavy (non-hydrogen) atoms. The van der Waals surface area contributed by atoms with E-state index in [9.17, 15) is 43.2 Å².